The van der Waals surface area contributed by atoms with Gasteiger partial charge in [0.05, 0.1) is 18.1 Å². The molecule has 1 heterocycles. The largest absolute Gasteiger partial charge is 0.464 e. The lowest BCUT2D eigenvalue weighted by atomic mass is 10.2. The second-order valence-electron chi connectivity index (χ2n) is 3.84. The molecule has 0 spiro atoms. The van der Waals surface area contributed by atoms with E-state index in [1.807, 2.05) is 0 Å². The fraction of sp³-hybridized carbons (Fsp3) is 0.462. The minimum absolute atomic E-state index is 0.114. The van der Waals surface area contributed by atoms with Crippen molar-refractivity contribution in [2.24, 2.45) is 0 Å². The Morgan fingerprint density at radius 1 is 1.20 bits per heavy atom. The van der Waals surface area contributed by atoms with E-state index in [-0.39, 0.29) is 13.2 Å². The lowest BCUT2D eigenvalue weighted by molar-refractivity contribution is -0.157. The molecule has 1 rings (SSSR count). The molecule has 0 saturated heterocycles. The van der Waals surface area contributed by atoms with Crippen LogP contribution in [0.3, 0.4) is 0 Å². The predicted molar refractivity (Wildman–Crippen MR) is 73.6 cm³/mol. The Bertz CT molecular complexity index is 479. The molecule has 0 aliphatic carbocycles. The van der Waals surface area contributed by atoms with Gasteiger partial charge in [-0.15, -0.1) is 11.3 Å². The first-order valence-corrected chi connectivity index (χ1v) is 7.07. The first-order chi connectivity index (χ1) is 9.51. The van der Waals surface area contributed by atoms with Gasteiger partial charge in [0.25, 0.3) is 5.91 Å². The van der Waals surface area contributed by atoms with Crippen LogP contribution < -0.4 is 5.32 Å². The first kappa shape index (κ1) is 16.2. The molecule has 0 unspecified atom stereocenters. The molecule has 1 amide bonds. The van der Waals surface area contributed by atoms with Crippen molar-refractivity contribution in [1.29, 1.82) is 0 Å². The highest BCUT2D eigenvalue weighted by molar-refractivity contribution is 7.12. The third-order valence-corrected chi connectivity index (χ3v) is 3.40. The van der Waals surface area contributed by atoms with Crippen LogP contribution in [0.25, 0.3) is 0 Å². The average molecular weight is 299 g/mol. The van der Waals surface area contributed by atoms with Gasteiger partial charge < -0.3 is 14.8 Å². The standard InChI is InChI=1S/C13H17NO5S/c1-4-18-12(16)9(13(17)19-5-2)14-11(15)10-8(3)6-7-20-10/h6-7,9H,4-5H2,1-3H3,(H,14,15). The normalized spacial score (nSPS) is 10.2. The lowest BCUT2D eigenvalue weighted by Crippen LogP contribution is -2.48. The second kappa shape index (κ2) is 7.64. The molecular formula is C13H17NO5S. The Morgan fingerprint density at radius 3 is 2.15 bits per heavy atom. The molecule has 1 aromatic rings. The molecular weight excluding hydrogens is 282 g/mol. The van der Waals surface area contributed by atoms with Crippen molar-refractivity contribution in [3.05, 3.63) is 21.9 Å². The number of hydrogen-bond donors (Lipinski definition) is 1. The van der Waals surface area contributed by atoms with Gasteiger partial charge in [-0.05, 0) is 37.8 Å². The second-order valence-corrected chi connectivity index (χ2v) is 4.76. The Labute approximate surface area is 121 Å². The van der Waals surface area contributed by atoms with Crippen LogP contribution in [0.15, 0.2) is 11.4 Å². The highest BCUT2D eigenvalue weighted by atomic mass is 32.1. The Balaban J connectivity index is 2.84. The Kier molecular flexibility index (Phi) is 6.17. The maximum Gasteiger partial charge on any atom is 0.340 e. The first-order valence-electron chi connectivity index (χ1n) is 6.19. The van der Waals surface area contributed by atoms with E-state index in [1.54, 1.807) is 32.2 Å². The number of thiophene rings is 1. The summed E-state index contributed by atoms with van der Waals surface area (Å²) in [4.78, 5) is 35.9. The van der Waals surface area contributed by atoms with E-state index in [0.29, 0.717) is 4.88 Å². The molecule has 0 atom stereocenters. The number of aryl methyl sites for hydroxylation is 1. The van der Waals surface area contributed by atoms with Crippen molar-refractivity contribution in [1.82, 2.24) is 5.32 Å². The minimum atomic E-state index is -1.44. The van der Waals surface area contributed by atoms with Crippen molar-refractivity contribution in [3.8, 4) is 0 Å². The van der Waals surface area contributed by atoms with Gasteiger partial charge in [0.1, 0.15) is 0 Å². The van der Waals surface area contributed by atoms with Gasteiger partial charge in [0, 0.05) is 0 Å². The minimum Gasteiger partial charge on any atom is -0.464 e. The van der Waals surface area contributed by atoms with E-state index in [2.05, 4.69) is 5.32 Å². The quantitative estimate of drug-likeness (QED) is 0.632. The summed E-state index contributed by atoms with van der Waals surface area (Å²) >= 11 is 1.23. The van der Waals surface area contributed by atoms with Crippen LogP contribution in [0.4, 0.5) is 0 Å². The predicted octanol–water partition coefficient (Wildman–Crippen LogP) is 1.28. The Hall–Kier alpha value is -1.89. The molecule has 0 radical (unpaired) electrons. The summed E-state index contributed by atoms with van der Waals surface area (Å²) in [7, 11) is 0. The number of rotatable bonds is 6. The summed E-state index contributed by atoms with van der Waals surface area (Å²) in [6, 6.07) is 0.340. The van der Waals surface area contributed by atoms with Gasteiger partial charge in [-0.25, -0.2) is 9.59 Å². The topological polar surface area (TPSA) is 81.7 Å². The smallest absolute Gasteiger partial charge is 0.340 e. The van der Waals surface area contributed by atoms with Gasteiger partial charge in [-0.2, -0.15) is 0 Å². The zero-order valence-corrected chi connectivity index (χ0v) is 12.4. The fourth-order valence-electron chi connectivity index (χ4n) is 1.47. The van der Waals surface area contributed by atoms with Crippen LogP contribution in [-0.4, -0.2) is 37.1 Å². The van der Waals surface area contributed by atoms with Crippen molar-refractivity contribution in [2.75, 3.05) is 13.2 Å². The van der Waals surface area contributed by atoms with Gasteiger partial charge >= 0.3 is 11.9 Å². The monoisotopic (exact) mass is 299 g/mol. The maximum absolute atomic E-state index is 12.0. The number of carbonyl (C=O) groups excluding carboxylic acids is 3. The Morgan fingerprint density at radius 2 is 1.75 bits per heavy atom. The van der Waals surface area contributed by atoms with Crippen molar-refractivity contribution in [2.45, 2.75) is 26.8 Å². The summed E-state index contributed by atoms with van der Waals surface area (Å²) in [6.45, 7) is 5.23. The van der Waals surface area contributed by atoms with Crippen LogP contribution in [-0.2, 0) is 19.1 Å². The molecule has 1 aromatic heterocycles. The number of amides is 1. The molecule has 7 heteroatoms. The zero-order valence-electron chi connectivity index (χ0n) is 11.6. The summed E-state index contributed by atoms with van der Waals surface area (Å²) in [6.07, 6.45) is 0. The van der Waals surface area contributed by atoms with Crippen LogP contribution in [0.5, 0.6) is 0 Å². The highest BCUT2D eigenvalue weighted by Gasteiger charge is 2.32. The molecule has 0 aromatic carbocycles. The van der Waals surface area contributed by atoms with E-state index in [4.69, 9.17) is 9.47 Å². The van der Waals surface area contributed by atoms with Crippen LogP contribution in [0, 0.1) is 6.92 Å². The SMILES string of the molecule is CCOC(=O)C(NC(=O)c1sccc1C)C(=O)OCC. The lowest BCUT2D eigenvalue weighted by Gasteiger charge is -2.15. The molecule has 6 nitrogen and oxygen atoms in total. The molecule has 0 aliphatic heterocycles. The highest BCUT2D eigenvalue weighted by Crippen LogP contribution is 2.15. The average Bonchev–Trinajstić information content (AvgIpc) is 2.82. The number of hydrogen-bond acceptors (Lipinski definition) is 6. The van der Waals surface area contributed by atoms with Crippen molar-refractivity contribution in [3.63, 3.8) is 0 Å². The van der Waals surface area contributed by atoms with E-state index in [9.17, 15) is 14.4 Å². The van der Waals surface area contributed by atoms with Crippen molar-refractivity contribution < 1.29 is 23.9 Å². The molecule has 20 heavy (non-hydrogen) atoms. The molecule has 0 bridgehead atoms. The van der Waals surface area contributed by atoms with E-state index in [0.717, 1.165) is 5.56 Å². The number of carbonyl (C=O) groups is 3. The summed E-state index contributed by atoms with van der Waals surface area (Å²) < 4.78 is 9.54. The molecule has 1 N–H and O–H groups in total. The van der Waals surface area contributed by atoms with E-state index in [1.165, 1.54) is 11.3 Å². The van der Waals surface area contributed by atoms with Gasteiger partial charge in [0.2, 0.25) is 6.04 Å². The van der Waals surface area contributed by atoms with Crippen LogP contribution in [0.1, 0.15) is 29.1 Å². The molecule has 110 valence electrons. The summed E-state index contributed by atoms with van der Waals surface area (Å²) in [5.74, 6) is -2.15. The third kappa shape index (κ3) is 4.06. The summed E-state index contributed by atoms with van der Waals surface area (Å²) in [5, 5.41) is 4.11. The van der Waals surface area contributed by atoms with Gasteiger partial charge in [-0.1, -0.05) is 0 Å². The third-order valence-electron chi connectivity index (χ3n) is 2.39. The number of nitrogens with one attached hydrogen (secondary N) is 1. The van der Waals surface area contributed by atoms with Gasteiger partial charge in [0.15, 0.2) is 0 Å². The van der Waals surface area contributed by atoms with Crippen LogP contribution in [0.2, 0.25) is 0 Å². The van der Waals surface area contributed by atoms with E-state index >= 15 is 0 Å². The number of esters is 2. The maximum atomic E-state index is 12.0. The zero-order chi connectivity index (χ0) is 15.1. The molecule has 0 saturated carbocycles. The van der Waals surface area contributed by atoms with Crippen molar-refractivity contribution >= 4 is 29.2 Å². The van der Waals surface area contributed by atoms with Crippen LogP contribution >= 0.6 is 11.3 Å². The van der Waals surface area contributed by atoms with E-state index < -0.39 is 23.9 Å². The fourth-order valence-corrected chi connectivity index (χ4v) is 2.30. The molecule has 0 aliphatic rings. The number of ether oxygens (including phenoxy) is 2. The van der Waals surface area contributed by atoms with Gasteiger partial charge in [-0.3, -0.25) is 4.79 Å². The molecule has 0 fully saturated rings. The summed E-state index contributed by atoms with van der Waals surface area (Å²) in [5.41, 5.74) is 0.777.